The average molecular weight is 448 g/mol. The van der Waals surface area contributed by atoms with E-state index in [4.69, 9.17) is 4.74 Å². The fraction of sp³-hybridized carbons (Fsp3) is 0.333. The second-order valence-electron chi connectivity index (χ2n) is 8.17. The molecule has 0 saturated carbocycles. The number of ketones is 2. The molecule has 2 N–H and O–H groups in total. The first-order valence-electron chi connectivity index (χ1n) is 11.2. The lowest BCUT2D eigenvalue weighted by atomic mass is 9.90. The van der Waals surface area contributed by atoms with Gasteiger partial charge in [-0.05, 0) is 12.1 Å². The van der Waals surface area contributed by atoms with Crippen LogP contribution in [0.3, 0.4) is 0 Å². The van der Waals surface area contributed by atoms with E-state index in [1.54, 1.807) is 36.1 Å². The number of hydrazine groups is 1. The molecule has 0 amide bonds. The Morgan fingerprint density at radius 1 is 1.00 bits per heavy atom. The van der Waals surface area contributed by atoms with Gasteiger partial charge in [-0.3, -0.25) is 15.0 Å². The maximum atomic E-state index is 12.9. The number of anilines is 1. The van der Waals surface area contributed by atoms with Crippen molar-refractivity contribution < 1.29 is 19.0 Å². The summed E-state index contributed by atoms with van der Waals surface area (Å²) in [4.78, 5) is 28.0. The Kier molecular flexibility index (Phi) is 5.89. The molecule has 3 aromatic rings. The van der Waals surface area contributed by atoms with Crippen molar-refractivity contribution in [3.8, 4) is 5.75 Å². The van der Waals surface area contributed by atoms with Gasteiger partial charge in [0.05, 0.1) is 17.9 Å². The van der Waals surface area contributed by atoms with Crippen LogP contribution in [0.2, 0.25) is 0 Å². The molecule has 33 heavy (non-hydrogen) atoms. The number of hydrogen-bond donors (Lipinski definition) is 2. The predicted molar refractivity (Wildman–Crippen MR) is 121 cm³/mol. The molecule has 2 aliphatic rings. The number of methoxy groups -OCH3 is 1. The van der Waals surface area contributed by atoms with Crippen LogP contribution in [0, 0.1) is 0 Å². The Morgan fingerprint density at radius 3 is 2.45 bits per heavy atom. The number of piperazine rings is 1. The molecule has 0 atom stereocenters. The smallest absolute Gasteiger partial charge is 0.300 e. The minimum absolute atomic E-state index is 0.158. The first-order valence-corrected chi connectivity index (χ1v) is 11.2. The van der Waals surface area contributed by atoms with E-state index in [2.05, 4.69) is 31.7 Å². The van der Waals surface area contributed by atoms with Crippen molar-refractivity contribution in [2.75, 3.05) is 44.7 Å². The molecule has 9 nitrogen and oxygen atoms in total. The number of ether oxygens (including phenoxy) is 1. The number of carbonyl (C=O) groups is 2. The standard InChI is InChI=1S/C24H26N6O3/c1-33-20-10-5-4-9-19(20)28-13-15-29(16-14-28)25-11-6-12-30-22-21(26-27-30)23(31)17-7-2-3-8-18(17)24(22)32/h2-5,7-10,25H,6,11-16H2,1H3/p+1. The highest BCUT2D eigenvalue weighted by Gasteiger charge is 2.40. The molecule has 0 unspecified atom stereocenters. The normalized spacial score (nSPS) is 16.0. The van der Waals surface area contributed by atoms with Crippen molar-refractivity contribution >= 4 is 17.3 Å². The Morgan fingerprint density at radius 2 is 1.70 bits per heavy atom. The molecule has 2 aromatic carbocycles. The van der Waals surface area contributed by atoms with Crippen molar-refractivity contribution in [2.24, 2.45) is 0 Å². The number of rotatable bonds is 7. The van der Waals surface area contributed by atoms with E-state index in [0.29, 0.717) is 23.4 Å². The molecule has 9 heteroatoms. The third-order valence-corrected chi connectivity index (χ3v) is 6.22. The average Bonchev–Trinajstić information content (AvgIpc) is 3.30. The number of aromatic nitrogens is 3. The highest BCUT2D eigenvalue weighted by molar-refractivity contribution is 6.26. The maximum Gasteiger partial charge on any atom is 0.300 e. The number of nitrogens with one attached hydrogen (secondary N) is 2. The number of para-hydroxylation sites is 2. The van der Waals surface area contributed by atoms with Gasteiger partial charge < -0.3 is 9.64 Å². The number of fused-ring (bicyclic) bond motifs is 2. The Balaban J connectivity index is 1.13. The first kappa shape index (κ1) is 21.3. The van der Waals surface area contributed by atoms with Crippen LogP contribution in [-0.2, 0) is 6.54 Å². The molecule has 0 bridgehead atoms. The minimum atomic E-state index is -0.207. The molecule has 2 heterocycles. The molecular weight excluding hydrogens is 420 g/mol. The van der Waals surface area contributed by atoms with Crippen LogP contribution < -0.4 is 19.7 Å². The Hall–Kier alpha value is -3.56. The van der Waals surface area contributed by atoms with Gasteiger partial charge in [0, 0.05) is 50.3 Å². The molecule has 1 aliphatic heterocycles. The topological polar surface area (TPSA) is 94.4 Å². The molecule has 1 aliphatic carbocycles. The van der Waals surface area contributed by atoms with Crippen molar-refractivity contribution in [1.29, 1.82) is 0 Å². The summed E-state index contributed by atoms with van der Waals surface area (Å²) in [5.41, 5.74) is 6.02. The van der Waals surface area contributed by atoms with Crippen LogP contribution >= 0.6 is 0 Å². The van der Waals surface area contributed by atoms with Crippen LogP contribution in [0.15, 0.2) is 48.5 Å². The van der Waals surface area contributed by atoms with Gasteiger partial charge in [-0.1, -0.05) is 41.6 Å². The van der Waals surface area contributed by atoms with Crippen LogP contribution in [0.5, 0.6) is 5.75 Å². The van der Waals surface area contributed by atoms with Gasteiger partial charge >= 0.3 is 5.69 Å². The number of benzene rings is 2. The monoisotopic (exact) mass is 447 g/mol. The molecule has 0 radical (unpaired) electrons. The summed E-state index contributed by atoms with van der Waals surface area (Å²) in [6, 6.07) is 15.0. The SMILES string of the molecule is COc1ccccc1N1CCN(NCCC[n+]2[nH]nc3c2C(=O)c2ccccc2C3=O)CC1. The van der Waals surface area contributed by atoms with Crippen molar-refractivity contribution in [3.05, 3.63) is 71.0 Å². The van der Waals surface area contributed by atoms with E-state index in [9.17, 15) is 9.59 Å². The maximum absolute atomic E-state index is 12.9. The zero-order chi connectivity index (χ0) is 22.8. The fourth-order valence-corrected chi connectivity index (χ4v) is 4.50. The summed E-state index contributed by atoms with van der Waals surface area (Å²) >= 11 is 0. The van der Waals surface area contributed by atoms with E-state index in [0.717, 1.165) is 50.6 Å². The Bertz CT molecular complexity index is 1180. The van der Waals surface area contributed by atoms with Crippen LogP contribution in [-0.4, -0.2) is 66.7 Å². The summed E-state index contributed by atoms with van der Waals surface area (Å²) in [5.74, 6) is 0.532. The van der Waals surface area contributed by atoms with E-state index in [1.807, 2.05) is 18.2 Å². The van der Waals surface area contributed by atoms with Gasteiger partial charge in [-0.2, -0.15) is 4.68 Å². The quantitative estimate of drug-likeness (QED) is 0.325. The molecule has 170 valence electrons. The summed E-state index contributed by atoms with van der Waals surface area (Å²) in [5, 5.41) is 9.20. The predicted octanol–water partition coefficient (Wildman–Crippen LogP) is 1.20. The van der Waals surface area contributed by atoms with Crippen molar-refractivity contribution in [3.63, 3.8) is 0 Å². The Labute approximate surface area is 191 Å². The van der Waals surface area contributed by atoms with Gasteiger partial charge in [0.15, 0.2) is 0 Å². The lowest BCUT2D eigenvalue weighted by Gasteiger charge is -2.36. The zero-order valence-electron chi connectivity index (χ0n) is 18.6. The number of carbonyl (C=O) groups excluding carboxylic acids is 2. The highest BCUT2D eigenvalue weighted by atomic mass is 16.5. The van der Waals surface area contributed by atoms with Crippen molar-refractivity contribution in [2.45, 2.75) is 13.0 Å². The van der Waals surface area contributed by atoms with E-state index >= 15 is 0 Å². The van der Waals surface area contributed by atoms with Gasteiger partial charge in [-0.25, -0.2) is 5.01 Å². The minimum Gasteiger partial charge on any atom is -0.495 e. The number of aromatic amines is 1. The number of H-pyrrole nitrogens is 1. The lowest BCUT2D eigenvalue weighted by molar-refractivity contribution is -0.755. The lowest BCUT2D eigenvalue weighted by Crippen LogP contribution is -2.52. The second-order valence-corrected chi connectivity index (χ2v) is 8.17. The van der Waals surface area contributed by atoms with Crippen LogP contribution in [0.1, 0.15) is 38.5 Å². The number of hydrogen-bond acceptors (Lipinski definition) is 7. The summed E-state index contributed by atoms with van der Waals surface area (Å²) < 4.78 is 7.17. The largest absolute Gasteiger partial charge is 0.495 e. The molecule has 1 saturated heterocycles. The molecule has 5 rings (SSSR count). The highest BCUT2D eigenvalue weighted by Crippen LogP contribution is 2.28. The summed E-state index contributed by atoms with van der Waals surface area (Å²) in [6.07, 6.45) is 0.787. The summed E-state index contributed by atoms with van der Waals surface area (Å²) in [7, 11) is 1.70. The van der Waals surface area contributed by atoms with Gasteiger partial charge in [-0.15, -0.1) is 0 Å². The third-order valence-electron chi connectivity index (χ3n) is 6.22. The number of nitrogens with zero attached hydrogens (tertiary/aromatic N) is 4. The summed E-state index contributed by atoms with van der Waals surface area (Å²) in [6.45, 7) is 4.94. The molecular formula is C24H27N6O3+. The van der Waals surface area contributed by atoms with Crippen LogP contribution in [0.25, 0.3) is 0 Å². The van der Waals surface area contributed by atoms with Gasteiger partial charge in [0.25, 0.3) is 5.69 Å². The first-order chi connectivity index (χ1) is 16.2. The van der Waals surface area contributed by atoms with E-state index < -0.39 is 0 Å². The fourth-order valence-electron chi connectivity index (χ4n) is 4.50. The van der Waals surface area contributed by atoms with Gasteiger partial charge in [0.2, 0.25) is 11.6 Å². The molecule has 1 fully saturated rings. The molecule has 1 aromatic heterocycles. The van der Waals surface area contributed by atoms with Crippen LogP contribution in [0.4, 0.5) is 5.69 Å². The third kappa shape index (κ3) is 4.01. The van der Waals surface area contributed by atoms with E-state index in [-0.39, 0.29) is 17.3 Å². The van der Waals surface area contributed by atoms with Crippen molar-refractivity contribution in [1.82, 2.24) is 20.7 Å². The number of aryl methyl sites for hydroxylation is 1. The molecule has 0 spiro atoms. The van der Waals surface area contributed by atoms with E-state index in [1.165, 1.54) is 0 Å². The van der Waals surface area contributed by atoms with Gasteiger partial charge in [0.1, 0.15) is 12.3 Å². The zero-order valence-corrected chi connectivity index (χ0v) is 18.6. The second kappa shape index (κ2) is 9.13.